The molecule has 1 heterocycles. The minimum absolute atomic E-state index is 0.0827. The third kappa shape index (κ3) is 3.80. The minimum atomic E-state index is -0.101. The summed E-state index contributed by atoms with van der Waals surface area (Å²) in [7, 11) is 0. The Morgan fingerprint density at radius 3 is 2.76 bits per heavy atom. The Morgan fingerprint density at radius 1 is 1.41 bits per heavy atom. The summed E-state index contributed by atoms with van der Waals surface area (Å²) in [4.78, 5) is 19.6. The Bertz CT molecular complexity index is 391. The van der Waals surface area contributed by atoms with Crippen LogP contribution in [0.25, 0.3) is 0 Å². The van der Waals surface area contributed by atoms with E-state index in [1.807, 2.05) is 0 Å². The van der Waals surface area contributed by atoms with Crippen molar-refractivity contribution in [1.82, 2.24) is 9.97 Å². The van der Waals surface area contributed by atoms with Gasteiger partial charge in [-0.1, -0.05) is 26.7 Å². The molecule has 1 atom stereocenters. The van der Waals surface area contributed by atoms with Gasteiger partial charge in [0.1, 0.15) is 6.33 Å². The van der Waals surface area contributed by atoms with Crippen LogP contribution in [-0.2, 0) is 0 Å². The highest BCUT2D eigenvalue weighted by atomic mass is 16.3. The average Bonchev–Trinajstić information content (AvgIpc) is 2.30. The maximum absolute atomic E-state index is 11.9. The fraction of sp³-hybridized carbons (Fsp3) is 0.615. The van der Waals surface area contributed by atoms with Gasteiger partial charge in [-0.2, -0.15) is 0 Å². The number of aromatic nitrogens is 2. The molecule has 0 amide bonds. The summed E-state index contributed by atoms with van der Waals surface area (Å²) in [6.07, 6.45) is 4.85. The lowest BCUT2D eigenvalue weighted by Gasteiger charge is -2.09. The highest BCUT2D eigenvalue weighted by Gasteiger charge is 2.15. The fourth-order valence-electron chi connectivity index (χ4n) is 1.80. The molecule has 17 heavy (non-hydrogen) atoms. The van der Waals surface area contributed by atoms with Crippen molar-refractivity contribution < 1.29 is 9.90 Å². The molecule has 4 heteroatoms. The number of ketones is 1. The molecule has 1 unspecified atom stereocenters. The second-order valence-electron chi connectivity index (χ2n) is 4.51. The van der Waals surface area contributed by atoms with E-state index >= 15 is 0 Å². The SMILES string of the molecule is CCCC(C)CCC(=O)c1ncnc(C)c1O. The number of aryl methyl sites for hydroxylation is 1. The summed E-state index contributed by atoms with van der Waals surface area (Å²) in [6.45, 7) is 5.94. The zero-order chi connectivity index (χ0) is 12.8. The summed E-state index contributed by atoms with van der Waals surface area (Å²) in [5.41, 5.74) is 0.603. The van der Waals surface area contributed by atoms with Crippen molar-refractivity contribution in [3.05, 3.63) is 17.7 Å². The molecule has 1 N–H and O–H groups in total. The molecule has 0 aliphatic heterocycles. The first kappa shape index (κ1) is 13.6. The standard InChI is InChI=1S/C13H20N2O2/c1-4-5-9(2)6-7-11(16)12-13(17)10(3)14-8-15-12/h8-9,17H,4-7H2,1-3H3. The van der Waals surface area contributed by atoms with Gasteiger partial charge in [-0.05, 0) is 19.3 Å². The van der Waals surface area contributed by atoms with Gasteiger partial charge in [-0.15, -0.1) is 0 Å². The van der Waals surface area contributed by atoms with Gasteiger partial charge in [-0.3, -0.25) is 4.79 Å². The minimum Gasteiger partial charge on any atom is -0.504 e. The van der Waals surface area contributed by atoms with Crippen LogP contribution in [0.5, 0.6) is 5.75 Å². The van der Waals surface area contributed by atoms with Crippen LogP contribution in [0, 0.1) is 12.8 Å². The van der Waals surface area contributed by atoms with Crippen LogP contribution in [0.3, 0.4) is 0 Å². The van der Waals surface area contributed by atoms with E-state index in [0.717, 1.165) is 19.3 Å². The maximum atomic E-state index is 11.9. The first-order chi connectivity index (χ1) is 8.06. The number of hydrogen-bond acceptors (Lipinski definition) is 4. The van der Waals surface area contributed by atoms with Gasteiger partial charge in [0, 0.05) is 6.42 Å². The van der Waals surface area contributed by atoms with E-state index in [-0.39, 0.29) is 17.2 Å². The molecule has 0 bridgehead atoms. The van der Waals surface area contributed by atoms with Crippen LogP contribution in [0.4, 0.5) is 0 Å². The highest BCUT2D eigenvalue weighted by Crippen LogP contribution is 2.20. The molecular weight excluding hydrogens is 216 g/mol. The Kier molecular flexibility index (Phi) is 5.07. The smallest absolute Gasteiger partial charge is 0.185 e. The van der Waals surface area contributed by atoms with Crippen molar-refractivity contribution in [2.75, 3.05) is 0 Å². The molecule has 1 rings (SSSR count). The molecule has 0 aliphatic carbocycles. The number of nitrogens with zero attached hydrogens (tertiary/aromatic N) is 2. The molecule has 0 radical (unpaired) electrons. The summed E-state index contributed by atoms with van der Waals surface area (Å²) in [5.74, 6) is 0.352. The molecule has 0 saturated carbocycles. The first-order valence-electron chi connectivity index (χ1n) is 6.10. The lowest BCUT2D eigenvalue weighted by Crippen LogP contribution is -2.06. The van der Waals surface area contributed by atoms with Crippen LogP contribution in [0.15, 0.2) is 6.33 Å². The van der Waals surface area contributed by atoms with Crippen LogP contribution in [0.2, 0.25) is 0 Å². The molecule has 1 aromatic rings. The van der Waals surface area contributed by atoms with E-state index in [4.69, 9.17) is 0 Å². The molecule has 0 aliphatic rings. The monoisotopic (exact) mass is 236 g/mol. The molecule has 0 fully saturated rings. The van der Waals surface area contributed by atoms with Gasteiger partial charge in [-0.25, -0.2) is 9.97 Å². The molecule has 1 aromatic heterocycles. The molecule has 0 saturated heterocycles. The number of Topliss-reactive ketones (excluding diaryl/α,β-unsaturated/α-hetero) is 1. The van der Waals surface area contributed by atoms with Crippen molar-refractivity contribution in [2.45, 2.75) is 46.5 Å². The van der Waals surface area contributed by atoms with E-state index in [9.17, 15) is 9.90 Å². The molecule has 4 nitrogen and oxygen atoms in total. The number of rotatable bonds is 6. The average molecular weight is 236 g/mol. The maximum Gasteiger partial charge on any atom is 0.185 e. The van der Waals surface area contributed by atoms with Crippen LogP contribution in [0.1, 0.15) is 55.7 Å². The van der Waals surface area contributed by atoms with Crippen LogP contribution in [-0.4, -0.2) is 20.9 Å². The van der Waals surface area contributed by atoms with Gasteiger partial charge < -0.3 is 5.11 Å². The third-order valence-corrected chi connectivity index (χ3v) is 2.92. The van der Waals surface area contributed by atoms with E-state index < -0.39 is 0 Å². The molecule has 94 valence electrons. The zero-order valence-electron chi connectivity index (χ0n) is 10.7. The van der Waals surface area contributed by atoms with Crippen molar-refractivity contribution in [2.24, 2.45) is 5.92 Å². The Morgan fingerprint density at radius 2 is 2.12 bits per heavy atom. The second-order valence-corrected chi connectivity index (χ2v) is 4.51. The number of carbonyl (C=O) groups is 1. The van der Waals surface area contributed by atoms with Gasteiger partial charge >= 0.3 is 0 Å². The van der Waals surface area contributed by atoms with Crippen LogP contribution >= 0.6 is 0 Å². The van der Waals surface area contributed by atoms with E-state index in [2.05, 4.69) is 23.8 Å². The topological polar surface area (TPSA) is 63.1 Å². The van der Waals surface area contributed by atoms with Gasteiger partial charge in [0.05, 0.1) is 5.69 Å². The largest absolute Gasteiger partial charge is 0.504 e. The number of aromatic hydroxyl groups is 1. The summed E-state index contributed by atoms with van der Waals surface area (Å²) < 4.78 is 0. The lowest BCUT2D eigenvalue weighted by molar-refractivity contribution is 0.0965. The Labute approximate surface area is 102 Å². The normalized spacial score (nSPS) is 12.4. The van der Waals surface area contributed by atoms with Crippen molar-refractivity contribution in [3.63, 3.8) is 0 Å². The van der Waals surface area contributed by atoms with Gasteiger partial charge in [0.2, 0.25) is 0 Å². The third-order valence-electron chi connectivity index (χ3n) is 2.92. The second kappa shape index (κ2) is 6.33. The summed E-state index contributed by atoms with van der Waals surface area (Å²) in [5, 5.41) is 9.69. The van der Waals surface area contributed by atoms with Crippen molar-refractivity contribution >= 4 is 5.78 Å². The van der Waals surface area contributed by atoms with Crippen molar-refractivity contribution in [1.29, 1.82) is 0 Å². The van der Waals surface area contributed by atoms with Crippen molar-refractivity contribution in [3.8, 4) is 5.75 Å². The quantitative estimate of drug-likeness (QED) is 0.771. The van der Waals surface area contributed by atoms with E-state index in [1.165, 1.54) is 6.33 Å². The molecule has 0 spiro atoms. The molecule has 0 aromatic carbocycles. The zero-order valence-corrected chi connectivity index (χ0v) is 10.7. The summed E-state index contributed by atoms with van der Waals surface area (Å²) >= 11 is 0. The molecular formula is C13H20N2O2. The fourth-order valence-corrected chi connectivity index (χ4v) is 1.80. The van der Waals surface area contributed by atoms with E-state index in [1.54, 1.807) is 6.92 Å². The van der Waals surface area contributed by atoms with E-state index in [0.29, 0.717) is 18.0 Å². The van der Waals surface area contributed by atoms with Gasteiger partial charge in [0.25, 0.3) is 0 Å². The highest BCUT2D eigenvalue weighted by molar-refractivity contribution is 5.96. The number of hydrogen-bond donors (Lipinski definition) is 1. The predicted octanol–water partition coefficient (Wildman–Crippen LogP) is 2.89. The lowest BCUT2D eigenvalue weighted by atomic mass is 9.98. The predicted molar refractivity (Wildman–Crippen MR) is 66.1 cm³/mol. The Balaban J connectivity index is 2.61. The summed E-state index contributed by atoms with van der Waals surface area (Å²) in [6, 6.07) is 0. The van der Waals surface area contributed by atoms with Crippen LogP contribution < -0.4 is 0 Å². The number of carbonyl (C=O) groups excluding carboxylic acids is 1. The van der Waals surface area contributed by atoms with Gasteiger partial charge in [0.15, 0.2) is 17.2 Å². The first-order valence-corrected chi connectivity index (χ1v) is 6.10. The Hall–Kier alpha value is -1.45.